The van der Waals surface area contributed by atoms with E-state index in [2.05, 4.69) is 5.32 Å². The molecule has 0 spiro atoms. The lowest BCUT2D eigenvalue weighted by Crippen LogP contribution is -2.41. The first-order valence-corrected chi connectivity index (χ1v) is 9.23. The molecule has 0 atom stereocenters. The van der Waals surface area contributed by atoms with Crippen LogP contribution in [0.3, 0.4) is 0 Å². The van der Waals surface area contributed by atoms with E-state index in [9.17, 15) is 18.0 Å². The Morgan fingerprint density at radius 1 is 1.07 bits per heavy atom. The van der Waals surface area contributed by atoms with Crippen LogP contribution in [-0.4, -0.2) is 19.9 Å². The Morgan fingerprint density at radius 2 is 1.80 bits per heavy atom. The van der Waals surface area contributed by atoms with Crippen molar-refractivity contribution in [2.45, 2.75) is 12.8 Å². The molecule has 1 N–H and O–H groups in total. The largest absolute Gasteiger partial charge is 0.497 e. The zero-order chi connectivity index (χ0) is 21.3. The van der Waals surface area contributed by atoms with Crippen LogP contribution in [0, 0.1) is 0 Å². The highest BCUT2D eigenvalue weighted by Gasteiger charge is 2.35. The monoisotopic (exact) mass is 411 g/mol. The lowest BCUT2D eigenvalue weighted by molar-refractivity contribution is -0.137. The summed E-state index contributed by atoms with van der Waals surface area (Å²) in [4.78, 5) is 12.5. The number of fused-ring (bicyclic) bond motifs is 1. The molecule has 4 rings (SSSR count). The predicted molar refractivity (Wildman–Crippen MR) is 109 cm³/mol. The molecule has 0 radical (unpaired) electrons. The summed E-state index contributed by atoms with van der Waals surface area (Å²) < 4.78 is 50.7. The fraction of sp³-hybridized carbons (Fsp3) is 0.136. The maximum absolute atomic E-state index is 13.2. The van der Waals surface area contributed by atoms with E-state index in [-0.39, 0.29) is 6.92 Å². The summed E-state index contributed by atoms with van der Waals surface area (Å²) in [5.41, 5.74) is 1.75. The van der Waals surface area contributed by atoms with Gasteiger partial charge in [0.15, 0.2) is 0 Å². The SMILES string of the molecule is COc1ccc(B2OCc3ccc(NC(=O)c4ccccc4C(F)(F)F)cc32)cc1. The molecule has 0 saturated heterocycles. The highest BCUT2D eigenvalue weighted by atomic mass is 19.4. The summed E-state index contributed by atoms with van der Waals surface area (Å²) in [6, 6.07) is 17.4. The van der Waals surface area contributed by atoms with Crippen LogP contribution in [0.4, 0.5) is 18.9 Å². The Bertz CT molecular complexity index is 1080. The van der Waals surface area contributed by atoms with Gasteiger partial charge in [-0.25, -0.2) is 0 Å². The first-order valence-electron chi connectivity index (χ1n) is 9.23. The first-order chi connectivity index (χ1) is 14.4. The number of hydrogen-bond donors (Lipinski definition) is 1. The van der Waals surface area contributed by atoms with E-state index >= 15 is 0 Å². The van der Waals surface area contributed by atoms with E-state index in [0.717, 1.165) is 34.4 Å². The third-order valence-corrected chi connectivity index (χ3v) is 4.99. The maximum Gasteiger partial charge on any atom is 0.417 e. The Hall–Kier alpha value is -3.26. The van der Waals surface area contributed by atoms with Gasteiger partial charge in [-0.1, -0.05) is 30.3 Å². The van der Waals surface area contributed by atoms with Gasteiger partial charge in [-0.3, -0.25) is 4.79 Å². The van der Waals surface area contributed by atoms with E-state index in [0.29, 0.717) is 12.3 Å². The summed E-state index contributed by atoms with van der Waals surface area (Å²) in [5, 5.41) is 2.58. The zero-order valence-corrected chi connectivity index (χ0v) is 16.0. The van der Waals surface area contributed by atoms with Gasteiger partial charge in [0.1, 0.15) is 5.75 Å². The second-order valence-electron chi connectivity index (χ2n) is 6.88. The topological polar surface area (TPSA) is 47.6 Å². The number of carbonyl (C=O) groups is 1. The van der Waals surface area contributed by atoms with Crippen LogP contribution in [-0.2, 0) is 17.4 Å². The van der Waals surface area contributed by atoms with E-state index in [1.807, 2.05) is 30.3 Å². The number of alkyl halides is 3. The number of carbonyl (C=O) groups excluding carboxylic acids is 1. The van der Waals surface area contributed by atoms with Crippen LogP contribution >= 0.6 is 0 Å². The van der Waals surface area contributed by atoms with Gasteiger partial charge in [-0.05, 0) is 52.9 Å². The number of rotatable bonds is 4. The van der Waals surface area contributed by atoms with Crippen molar-refractivity contribution in [2.75, 3.05) is 12.4 Å². The van der Waals surface area contributed by atoms with Crippen LogP contribution in [0.25, 0.3) is 0 Å². The summed E-state index contributed by atoms with van der Waals surface area (Å²) in [6.07, 6.45) is -4.61. The number of ether oxygens (including phenoxy) is 1. The number of amides is 1. The van der Waals surface area contributed by atoms with Gasteiger partial charge in [-0.2, -0.15) is 13.2 Å². The number of benzene rings is 3. The molecule has 1 aliphatic rings. The molecule has 0 aliphatic carbocycles. The standard InChI is InChI=1S/C22H17BF3NO3/c1-29-17-10-7-15(8-11-17)23-20-12-16(9-6-14(20)13-30-23)27-21(28)18-4-2-3-5-19(18)22(24,25)26/h2-12H,13H2,1H3,(H,27,28). The maximum atomic E-state index is 13.2. The molecule has 0 unspecified atom stereocenters. The predicted octanol–water partition coefficient (Wildman–Crippen LogP) is 3.60. The molecule has 152 valence electrons. The first kappa shape index (κ1) is 20.0. The lowest BCUT2D eigenvalue weighted by Gasteiger charge is -2.14. The molecule has 1 heterocycles. The minimum atomic E-state index is -4.61. The van der Waals surface area contributed by atoms with Crippen LogP contribution < -0.4 is 21.0 Å². The Morgan fingerprint density at radius 3 is 2.50 bits per heavy atom. The normalized spacial score (nSPS) is 13.1. The van der Waals surface area contributed by atoms with Crippen molar-refractivity contribution in [3.8, 4) is 5.75 Å². The molecule has 0 fully saturated rings. The molecule has 0 aromatic heterocycles. The fourth-order valence-electron chi connectivity index (χ4n) is 3.49. The fourth-order valence-corrected chi connectivity index (χ4v) is 3.49. The van der Waals surface area contributed by atoms with E-state index in [1.165, 1.54) is 12.1 Å². The van der Waals surface area contributed by atoms with Gasteiger partial charge in [0, 0.05) is 5.69 Å². The summed E-state index contributed by atoms with van der Waals surface area (Å²) in [7, 11) is 1.59. The summed E-state index contributed by atoms with van der Waals surface area (Å²) in [6.45, 7) is 0.0854. The van der Waals surface area contributed by atoms with Crippen molar-refractivity contribution in [3.63, 3.8) is 0 Å². The van der Waals surface area contributed by atoms with Gasteiger partial charge in [0.25, 0.3) is 5.91 Å². The molecule has 8 heteroatoms. The van der Waals surface area contributed by atoms with Crippen LogP contribution in [0.5, 0.6) is 5.75 Å². The number of methoxy groups -OCH3 is 1. The third kappa shape index (κ3) is 3.91. The molecular weight excluding hydrogens is 394 g/mol. The number of nitrogens with one attached hydrogen (secondary N) is 1. The minimum Gasteiger partial charge on any atom is -0.497 e. The van der Waals surface area contributed by atoms with Crippen LogP contribution in [0.2, 0.25) is 0 Å². The van der Waals surface area contributed by atoms with Crippen molar-refractivity contribution >= 4 is 29.4 Å². The van der Waals surface area contributed by atoms with Crippen molar-refractivity contribution in [2.24, 2.45) is 0 Å². The summed E-state index contributed by atoms with van der Waals surface area (Å²) in [5.74, 6) is -0.0934. The highest BCUT2D eigenvalue weighted by Crippen LogP contribution is 2.32. The molecule has 3 aromatic rings. The molecule has 1 amide bonds. The van der Waals surface area contributed by atoms with Gasteiger partial charge >= 0.3 is 13.1 Å². The molecule has 0 saturated carbocycles. The Balaban J connectivity index is 1.60. The van der Waals surface area contributed by atoms with E-state index in [1.54, 1.807) is 19.2 Å². The Labute approximate surface area is 171 Å². The number of anilines is 1. The quantitative estimate of drug-likeness (QED) is 0.668. The molecular formula is C22H17BF3NO3. The van der Waals surface area contributed by atoms with Crippen molar-refractivity contribution in [1.82, 2.24) is 0 Å². The van der Waals surface area contributed by atoms with Gasteiger partial charge in [-0.15, -0.1) is 0 Å². The van der Waals surface area contributed by atoms with Crippen LogP contribution in [0.1, 0.15) is 21.5 Å². The average molecular weight is 411 g/mol. The molecule has 1 aliphatic heterocycles. The Kier molecular flexibility index (Phi) is 5.26. The number of hydrogen-bond acceptors (Lipinski definition) is 3. The second kappa shape index (κ2) is 7.87. The zero-order valence-electron chi connectivity index (χ0n) is 16.0. The molecule has 3 aromatic carbocycles. The smallest absolute Gasteiger partial charge is 0.417 e. The van der Waals surface area contributed by atoms with Gasteiger partial charge < -0.3 is 14.7 Å². The molecule has 4 nitrogen and oxygen atoms in total. The lowest BCUT2D eigenvalue weighted by atomic mass is 9.56. The van der Waals surface area contributed by atoms with Crippen molar-refractivity contribution in [3.05, 3.63) is 83.4 Å². The van der Waals surface area contributed by atoms with E-state index in [4.69, 9.17) is 9.39 Å². The van der Waals surface area contributed by atoms with E-state index < -0.39 is 23.2 Å². The second-order valence-corrected chi connectivity index (χ2v) is 6.88. The summed E-state index contributed by atoms with van der Waals surface area (Å²) >= 11 is 0. The van der Waals surface area contributed by atoms with Crippen LogP contribution in [0.15, 0.2) is 66.7 Å². The third-order valence-electron chi connectivity index (χ3n) is 4.99. The highest BCUT2D eigenvalue weighted by molar-refractivity contribution is 6.81. The van der Waals surface area contributed by atoms with Gasteiger partial charge in [0.05, 0.1) is 24.8 Å². The minimum absolute atomic E-state index is 0.329. The van der Waals surface area contributed by atoms with Gasteiger partial charge in [0.2, 0.25) is 0 Å². The average Bonchev–Trinajstić information content (AvgIpc) is 3.16. The number of halogens is 3. The van der Waals surface area contributed by atoms with Crippen molar-refractivity contribution < 1.29 is 27.4 Å². The van der Waals surface area contributed by atoms with Crippen molar-refractivity contribution in [1.29, 1.82) is 0 Å². The molecule has 0 bridgehead atoms. The molecule has 30 heavy (non-hydrogen) atoms.